The number of carboxylic acid groups (broad SMARTS) is 1. The van der Waals surface area contributed by atoms with Crippen molar-refractivity contribution in [3.8, 4) is 0 Å². The summed E-state index contributed by atoms with van der Waals surface area (Å²) in [6.45, 7) is 10.5. The van der Waals surface area contributed by atoms with E-state index >= 15 is 0 Å². The molecule has 39 heavy (non-hydrogen) atoms. The molecule has 2 aromatic carbocycles. The Kier molecular flexibility index (Phi) is 13.0. The van der Waals surface area contributed by atoms with Gasteiger partial charge in [-0.1, -0.05) is 0 Å². The second kappa shape index (κ2) is 15.9. The molecule has 0 bridgehead atoms. The van der Waals surface area contributed by atoms with E-state index in [1.165, 1.54) is 56.7 Å². The first-order chi connectivity index (χ1) is 18.9. The van der Waals surface area contributed by atoms with Gasteiger partial charge >= 0.3 is 246 Å². The van der Waals surface area contributed by atoms with Gasteiger partial charge in [-0.15, -0.1) is 0 Å². The van der Waals surface area contributed by atoms with Gasteiger partial charge in [0, 0.05) is 0 Å². The van der Waals surface area contributed by atoms with Crippen molar-refractivity contribution in [3.63, 3.8) is 0 Å². The van der Waals surface area contributed by atoms with Crippen LogP contribution in [0.2, 0.25) is 18.3 Å². The SMILES string of the molecule is CCC[CH2][Sn]([CH2]CCC)([CH2]CCC)[O]/C(=N/CC)c1ccccc1Cc1cc(Cl)cc2c1CN(C(=O)O)CC2. The molecule has 5 nitrogen and oxygen atoms in total. The molecule has 0 saturated heterocycles. The Morgan fingerprint density at radius 2 is 1.64 bits per heavy atom. The van der Waals surface area contributed by atoms with Crippen LogP contribution in [-0.2, 0) is 22.5 Å². The second-order valence-electron chi connectivity index (χ2n) is 10.9. The van der Waals surface area contributed by atoms with Crippen LogP contribution in [0.15, 0.2) is 41.4 Å². The van der Waals surface area contributed by atoms with Gasteiger partial charge < -0.3 is 0 Å². The number of fused-ring (bicyclic) bond motifs is 1. The van der Waals surface area contributed by atoms with E-state index in [9.17, 15) is 9.90 Å². The van der Waals surface area contributed by atoms with Crippen LogP contribution in [0.4, 0.5) is 4.79 Å². The third-order valence-corrected chi connectivity index (χ3v) is 20.7. The van der Waals surface area contributed by atoms with Crippen molar-refractivity contribution in [2.45, 2.75) is 98.9 Å². The Hall–Kier alpha value is -1.73. The van der Waals surface area contributed by atoms with Crippen molar-refractivity contribution >= 4 is 42.4 Å². The Balaban J connectivity index is 2.01. The zero-order valence-corrected chi connectivity index (χ0v) is 28.0. The molecular formula is C32H47ClN2O3Sn. The number of hydrogen-bond acceptors (Lipinski definition) is 3. The van der Waals surface area contributed by atoms with Crippen LogP contribution in [-0.4, -0.2) is 53.9 Å². The number of unbranched alkanes of at least 4 members (excludes halogenated alkanes) is 3. The fourth-order valence-corrected chi connectivity index (χ4v) is 19.2. The second-order valence-corrected chi connectivity index (χ2v) is 22.9. The number of carbonyl (C=O) groups is 1. The molecular weight excluding hydrogens is 615 g/mol. The van der Waals surface area contributed by atoms with Gasteiger partial charge in [-0.05, 0) is 0 Å². The molecule has 2 aromatic rings. The number of halogens is 1. The number of benzene rings is 2. The Labute approximate surface area is 245 Å². The molecule has 1 heterocycles. The summed E-state index contributed by atoms with van der Waals surface area (Å²) in [6, 6.07) is 12.5. The molecule has 7 heteroatoms. The molecule has 214 valence electrons. The average Bonchev–Trinajstić information content (AvgIpc) is 2.93. The molecule has 1 aliphatic heterocycles. The van der Waals surface area contributed by atoms with Gasteiger partial charge in [-0.3, -0.25) is 0 Å². The van der Waals surface area contributed by atoms with E-state index in [4.69, 9.17) is 19.7 Å². The summed E-state index contributed by atoms with van der Waals surface area (Å²) in [5.41, 5.74) is 5.55. The summed E-state index contributed by atoms with van der Waals surface area (Å²) in [6.07, 6.45) is 7.78. The van der Waals surface area contributed by atoms with Crippen molar-refractivity contribution in [3.05, 3.63) is 69.2 Å². The number of hydrogen-bond donors (Lipinski definition) is 1. The van der Waals surface area contributed by atoms with E-state index in [0.717, 1.165) is 33.7 Å². The van der Waals surface area contributed by atoms with Crippen molar-refractivity contribution in [1.29, 1.82) is 0 Å². The third kappa shape index (κ3) is 8.88. The first-order valence-corrected chi connectivity index (χ1v) is 22.6. The van der Waals surface area contributed by atoms with Crippen molar-refractivity contribution < 1.29 is 13.0 Å². The van der Waals surface area contributed by atoms with Gasteiger partial charge in [0.05, 0.1) is 0 Å². The summed E-state index contributed by atoms with van der Waals surface area (Å²) in [5.74, 6) is 0.829. The normalized spacial score (nSPS) is 13.9. The van der Waals surface area contributed by atoms with E-state index < -0.39 is 24.9 Å². The summed E-state index contributed by atoms with van der Waals surface area (Å²) >= 11 is 3.59. The van der Waals surface area contributed by atoms with E-state index in [1.54, 1.807) is 0 Å². The molecule has 0 spiro atoms. The number of rotatable bonds is 14. The maximum atomic E-state index is 11.7. The Morgan fingerprint density at radius 1 is 1.00 bits per heavy atom. The Bertz CT molecular complexity index is 1100. The van der Waals surface area contributed by atoms with Crippen LogP contribution in [0.1, 0.15) is 94.0 Å². The topological polar surface area (TPSA) is 62.1 Å². The summed E-state index contributed by atoms with van der Waals surface area (Å²) in [5, 5.41) is 10.3. The molecule has 0 saturated carbocycles. The van der Waals surface area contributed by atoms with E-state index in [2.05, 4.69) is 52.0 Å². The fourth-order valence-electron chi connectivity index (χ4n) is 5.66. The zero-order valence-electron chi connectivity index (χ0n) is 24.4. The number of aliphatic imine (C=N–C) groups is 1. The van der Waals surface area contributed by atoms with Gasteiger partial charge in [-0.2, -0.15) is 0 Å². The van der Waals surface area contributed by atoms with E-state index in [0.29, 0.717) is 37.5 Å². The van der Waals surface area contributed by atoms with Crippen molar-refractivity contribution in [2.75, 3.05) is 13.1 Å². The quantitative estimate of drug-likeness (QED) is 0.125. The molecule has 1 amide bonds. The molecule has 0 fully saturated rings. The first-order valence-electron chi connectivity index (χ1n) is 15.0. The first kappa shape index (κ1) is 31.8. The van der Waals surface area contributed by atoms with Gasteiger partial charge in [-0.25, -0.2) is 0 Å². The minimum atomic E-state index is -2.97. The molecule has 0 radical (unpaired) electrons. The van der Waals surface area contributed by atoms with Crippen LogP contribution in [0, 0.1) is 0 Å². The molecule has 0 atom stereocenters. The average molecular weight is 662 g/mol. The van der Waals surface area contributed by atoms with Crippen LogP contribution in [0.25, 0.3) is 0 Å². The number of amides is 1. The molecule has 0 aliphatic carbocycles. The fraction of sp³-hybridized carbons (Fsp3) is 0.562. The van der Waals surface area contributed by atoms with Crippen LogP contribution in [0.5, 0.6) is 0 Å². The van der Waals surface area contributed by atoms with Crippen molar-refractivity contribution in [1.82, 2.24) is 4.90 Å². The summed E-state index contributed by atoms with van der Waals surface area (Å²) in [7, 11) is 0. The zero-order chi connectivity index (χ0) is 28.3. The van der Waals surface area contributed by atoms with Gasteiger partial charge in [0.15, 0.2) is 0 Å². The van der Waals surface area contributed by atoms with Crippen molar-refractivity contribution in [2.24, 2.45) is 4.99 Å². The predicted molar refractivity (Wildman–Crippen MR) is 166 cm³/mol. The standard InChI is InChI=1S/C20H21ClN2O3.3C4H9.Sn/c1-2-22-19(24)17-6-4-3-5-13(17)9-15-11-16(21)10-14-7-8-23(20(25)26)12-18(14)15;3*1-3-4-2;/h3-6,10-11H,2,7-9,12H2,1H3,(H,22,24)(H,25,26);3*1,3-4H2,2H3;/q;;;;+1/p-1. The van der Waals surface area contributed by atoms with Crippen LogP contribution >= 0.6 is 11.6 Å². The predicted octanol–water partition coefficient (Wildman–Crippen LogP) is 9.10. The van der Waals surface area contributed by atoms with E-state index in [-0.39, 0.29) is 0 Å². The van der Waals surface area contributed by atoms with Crippen LogP contribution < -0.4 is 0 Å². The molecule has 1 N–H and O–H groups in total. The monoisotopic (exact) mass is 662 g/mol. The van der Waals surface area contributed by atoms with Gasteiger partial charge in [0.25, 0.3) is 0 Å². The summed E-state index contributed by atoms with van der Waals surface area (Å²) in [4.78, 5) is 18.2. The summed E-state index contributed by atoms with van der Waals surface area (Å²) < 4.78 is 11.0. The van der Waals surface area contributed by atoms with Gasteiger partial charge in [0.2, 0.25) is 0 Å². The molecule has 0 unspecified atom stereocenters. The molecule has 1 aliphatic rings. The van der Waals surface area contributed by atoms with Gasteiger partial charge in [0.1, 0.15) is 0 Å². The molecule has 0 aromatic heterocycles. The maximum absolute atomic E-state index is 11.7. The van der Waals surface area contributed by atoms with Crippen LogP contribution in [0.3, 0.4) is 0 Å². The van der Waals surface area contributed by atoms with E-state index in [1.807, 2.05) is 12.1 Å². The minimum absolute atomic E-state index is 0.399. The third-order valence-electron chi connectivity index (χ3n) is 7.87. The molecule has 3 rings (SSSR count). The number of nitrogens with zero attached hydrogens (tertiary/aromatic N) is 2. The Morgan fingerprint density at radius 3 is 2.23 bits per heavy atom.